The van der Waals surface area contributed by atoms with Crippen LogP contribution in [0.15, 0.2) is 53.1 Å². The van der Waals surface area contributed by atoms with Crippen LogP contribution in [0.5, 0.6) is 5.75 Å². The molecule has 2 aromatic heterocycles. The van der Waals surface area contributed by atoms with Gasteiger partial charge in [0.2, 0.25) is 0 Å². The summed E-state index contributed by atoms with van der Waals surface area (Å²) in [5, 5.41) is 4.44. The number of aryl methyl sites for hydroxylation is 1. The van der Waals surface area contributed by atoms with Gasteiger partial charge in [-0.25, -0.2) is 0 Å². The van der Waals surface area contributed by atoms with Crippen LogP contribution in [-0.2, 0) is 6.54 Å². The first-order valence-corrected chi connectivity index (χ1v) is 10.0. The smallest absolute Gasteiger partial charge is 0.167 e. The van der Waals surface area contributed by atoms with Crippen molar-refractivity contribution >= 4 is 0 Å². The highest BCUT2D eigenvalue weighted by molar-refractivity contribution is 5.58. The van der Waals surface area contributed by atoms with Crippen LogP contribution in [0.25, 0.3) is 11.3 Å². The summed E-state index contributed by atoms with van der Waals surface area (Å²) < 4.78 is 10.9. The highest BCUT2D eigenvalue weighted by Crippen LogP contribution is 2.33. The zero-order chi connectivity index (χ0) is 19.3. The highest BCUT2D eigenvalue weighted by Gasteiger charge is 2.26. The maximum Gasteiger partial charge on any atom is 0.167 e. The molecule has 0 radical (unpaired) electrons. The second kappa shape index (κ2) is 8.57. The Hall–Kier alpha value is -2.66. The molecule has 0 aliphatic carbocycles. The molecule has 0 N–H and O–H groups in total. The van der Waals surface area contributed by atoms with Gasteiger partial charge in [-0.3, -0.25) is 9.88 Å². The summed E-state index contributed by atoms with van der Waals surface area (Å²) in [4.78, 5) is 7.20. The predicted molar refractivity (Wildman–Crippen MR) is 109 cm³/mol. The van der Waals surface area contributed by atoms with Gasteiger partial charge in [-0.15, -0.1) is 0 Å². The molecule has 5 heteroatoms. The Bertz CT molecular complexity index is 904. The number of pyridine rings is 1. The number of benzene rings is 1. The molecule has 4 rings (SSSR count). The van der Waals surface area contributed by atoms with E-state index in [1.165, 1.54) is 19.3 Å². The lowest BCUT2D eigenvalue weighted by atomic mass is 10.0. The number of hydrogen-bond acceptors (Lipinski definition) is 5. The first-order valence-electron chi connectivity index (χ1n) is 10.0. The van der Waals surface area contributed by atoms with Gasteiger partial charge in [-0.1, -0.05) is 24.1 Å². The van der Waals surface area contributed by atoms with E-state index in [1.54, 1.807) is 7.11 Å². The minimum absolute atomic E-state index is 0.264. The fourth-order valence-electron chi connectivity index (χ4n) is 3.92. The van der Waals surface area contributed by atoms with E-state index >= 15 is 0 Å². The Balaban J connectivity index is 1.56. The minimum atomic E-state index is 0.264. The summed E-state index contributed by atoms with van der Waals surface area (Å²) in [5.74, 6) is 1.64. The molecular weight excluding hydrogens is 350 g/mol. The average Bonchev–Trinajstić information content (AvgIpc) is 3.09. The second-order valence-electron chi connectivity index (χ2n) is 7.45. The van der Waals surface area contributed by atoms with Crippen molar-refractivity contribution in [2.45, 2.75) is 45.2 Å². The van der Waals surface area contributed by atoms with Gasteiger partial charge >= 0.3 is 0 Å². The van der Waals surface area contributed by atoms with E-state index < -0.39 is 0 Å². The van der Waals surface area contributed by atoms with Gasteiger partial charge in [-0.2, -0.15) is 0 Å². The molecular formula is C23H27N3O2. The van der Waals surface area contributed by atoms with Crippen LogP contribution in [-0.4, -0.2) is 28.7 Å². The number of methoxy groups -OCH3 is 1. The van der Waals surface area contributed by atoms with Gasteiger partial charge in [-0.05, 0) is 62.7 Å². The van der Waals surface area contributed by atoms with E-state index in [2.05, 4.69) is 28.3 Å². The molecule has 5 nitrogen and oxygen atoms in total. The number of likely N-dealkylation sites (tertiary alicyclic amines) is 1. The van der Waals surface area contributed by atoms with Crippen molar-refractivity contribution < 1.29 is 9.26 Å². The molecule has 3 aromatic rings. The molecule has 1 atom stereocenters. The van der Waals surface area contributed by atoms with E-state index in [4.69, 9.17) is 14.2 Å². The Kier molecular flexibility index (Phi) is 5.72. The van der Waals surface area contributed by atoms with Gasteiger partial charge in [0.05, 0.1) is 18.8 Å². The summed E-state index contributed by atoms with van der Waals surface area (Å²) in [7, 11) is 1.67. The first kappa shape index (κ1) is 18.7. The first-order chi connectivity index (χ1) is 13.7. The van der Waals surface area contributed by atoms with E-state index in [0.717, 1.165) is 53.7 Å². The molecule has 0 amide bonds. The van der Waals surface area contributed by atoms with Crippen molar-refractivity contribution in [1.82, 2.24) is 15.0 Å². The van der Waals surface area contributed by atoms with Gasteiger partial charge in [0.25, 0.3) is 0 Å². The Morgan fingerprint density at radius 3 is 2.75 bits per heavy atom. The molecule has 0 saturated carbocycles. The number of rotatable bonds is 5. The zero-order valence-corrected chi connectivity index (χ0v) is 16.6. The van der Waals surface area contributed by atoms with E-state index in [0.29, 0.717) is 0 Å². The molecule has 0 spiro atoms. The largest absolute Gasteiger partial charge is 0.497 e. The minimum Gasteiger partial charge on any atom is -0.497 e. The summed E-state index contributed by atoms with van der Waals surface area (Å²) in [5.41, 5.74) is 4.21. The third-order valence-corrected chi connectivity index (χ3v) is 5.42. The number of ether oxygens (including phenoxy) is 1. The van der Waals surface area contributed by atoms with E-state index in [-0.39, 0.29) is 6.04 Å². The third-order valence-electron chi connectivity index (χ3n) is 5.42. The van der Waals surface area contributed by atoms with Crippen LogP contribution in [0, 0.1) is 6.92 Å². The summed E-state index contributed by atoms with van der Waals surface area (Å²) in [6, 6.07) is 16.5. The quantitative estimate of drug-likeness (QED) is 0.614. The molecule has 28 heavy (non-hydrogen) atoms. The second-order valence-corrected chi connectivity index (χ2v) is 7.45. The van der Waals surface area contributed by atoms with Crippen molar-refractivity contribution in [3.63, 3.8) is 0 Å². The van der Waals surface area contributed by atoms with Crippen molar-refractivity contribution in [2.24, 2.45) is 0 Å². The Labute approximate surface area is 166 Å². The lowest BCUT2D eigenvalue weighted by Gasteiger charge is -2.28. The van der Waals surface area contributed by atoms with Crippen LogP contribution in [0.3, 0.4) is 0 Å². The Morgan fingerprint density at radius 2 is 1.96 bits per heavy atom. The third kappa shape index (κ3) is 4.25. The molecule has 1 aliphatic heterocycles. The average molecular weight is 377 g/mol. The van der Waals surface area contributed by atoms with Crippen LogP contribution in [0.4, 0.5) is 0 Å². The monoisotopic (exact) mass is 377 g/mol. The standard InChI is InChI=1S/C23H27N3O2/c1-17-7-6-8-19(24-17)16-26-14-5-3-4-9-22(26)21-15-23(28-25-21)18-10-12-20(27-2)13-11-18/h6-8,10-13,15,22H,3-5,9,14,16H2,1-2H3. The molecule has 0 bridgehead atoms. The molecule has 1 fully saturated rings. The van der Waals surface area contributed by atoms with Gasteiger partial charge in [0.15, 0.2) is 5.76 Å². The van der Waals surface area contributed by atoms with Gasteiger partial charge in [0, 0.05) is 23.9 Å². The topological polar surface area (TPSA) is 51.4 Å². The number of nitrogens with zero attached hydrogens (tertiary/aromatic N) is 3. The maximum absolute atomic E-state index is 5.70. The normalized spacial score (nSPS) is 18.0. The van der Waals surface area contributed by atoms with Crippen molar-refractivity contribution in [3.05, 3.63) is 65.6 Å². The Morgan fingerprint density at radius 1 is 1.11 bits per heavy atom. The highest BCUT2D eigenvalue weighted by atomic mass is 16.5. The van der Waals surface area contributed by atoms with Gasteiger partial charge < -0.3 is 9.26 Å². The summed E-state index contributed by atoms with van der Waals surface area (Å²) in [6.07, 6.45) is 4.79. The zero-order valence-electron chi connectivity index (χ0n) is 16.6. The van der Waals surface area contributed by atoms with E-state index in [9.17, 15) is 0 Å². The number of hydrogen-bond donors (Lipinski definition) is 0. The van der Waals surface area contributed by atoms with Crippen LogP contribution < -0.4 is 4.74 Å². The SMILES string of the molecule is COc1ccc(-c2cc(C3CCCCCN3Cc3cccc(C)n3)no2)cc1. The molecule has 1 saturated heterocycles. The van der Waals surface area contributed by atoms with Crippen LogP contribution in [0.2, 0.25) is 0 Å². The fraction of sp³-hybridized carbons (Fsp3) is 0.391. The van der Waals surface area contributed by atoms with E-state index in [1.807, 2.05) is 37.3 Å². The fourth-order valence-corrected chi connectivity index (χ4v) is 3.92. The molecule has 1 aromatic carbocycles. The van der Waals surface area contributed by atoms with Crippen molar-refractivity contribution in [2.75, 3.05) is 13.7 Å². The van der Waals surface area contributed by atoms with Crippen molar-refractivity contribution in [1.29, 1.82) is 0 Å². The lowest BCUT2D eigenvalue weighted by molar-refractivity contribution is 0.182. The van der Waals surface area contributed by atoms with Crippen LogP contribution >= 0.6 is 0 Å². The molecule has 1 unspecified atom stereocenters. The predicted octanol–water partition coefficient (Wildman–Crippen LogP) is 5.17. The maximum atomic E-state index is 5.70. The molecule has 1 aliphatic rings. The summed E-state index contributed by atoms with van der Waals surface area (Å²) in [6.45, 7) is 3.95. The van der Waals surface area contributed by atoms with Crippen LogP contribution in [0.1, 0.15) is 48.8 Å². The molecule has 3 heterocycles. The summed E-state index contributed by atoms with van der Waals surface area (Å²) >= 11 is 0. The molecule has 146 valence electrons. The lowest BCUT2D eigenvalue weighted by Crippen LogP contribution is -2.28. The number of aromatic nitrogens is 2. The van der Waals surface area contributed by atoms with Crippen molar-refractivity contribution in [3.8, 4) is 17.1 Å². The van der Waals surface area contributed by atoms with Gasteiger partial charge in [0.1, 0.15) is 11.4 Å².